The molecule has 6 nitrogen and oxygen atoms in total. The van der Waals surface area contributed by atoms with E-state index in [1.54, 1.807) is 30.5 Å². The van der Waals surface area contributed by atoms with Crippen LogP contribution in [0.15, 0.2) is 53.6 Å². The van der Waals surface area contributed by atoms with Crippen molar-refractivity contribution in [1.29, 1.82) is 0 Å². The Labute approximate surface area is 153 Å². The van der Waals surface area contributed by atoms with Crippen LogP contribution < -0.4 is 15.5 Å². The van der Waals surface area contributed by atoms with E-state index in [4.69, 9.17) is 4.74 Å². The number of benzene rings is 2. The molecule has 0 aliphatic heterocycles. The van der Waals surface area contributed by atoms with Gasteiger partial charge in [0.05, 0.1) is 12.8 Å². The lowest BCUT2D eigenvalue weighted by Crippen LogP contribution is -2.17. The van der Waals surface area contributed by atoms with Crippen LogP contribution >= 0.6 is 0 Å². The van der Waals surface area contributed by atoms with Gasteiger partial charge >= 0.3 is 0 Å². The Kier molecular flexibility index (Phi) is 6.91. The zero-order valence-corrected chi connectivity index (χ0v) is 15.2. The monoisotopic (exact) mass is 353 g/mol. The first-order chi connectivity index (χ1) is 12.4. The summed E-state index contributed by atoms with van der Waals surface area (Å²) in [7, 11) is 0. The van der Waals surface area contributed by atoms with E-state index in [9.17, 15) is 9.59 Å². The molecule has 0 spiro atoms. The van der Waals surface area contributed by atoms with Gasteiger partial charge in [-0.25, -0.2) is 5.43 Å². The van der Waals surface area contributed by atoms with E-state index >= 15 is 0 Å². The van der Waals surface area contributed by atoms with Gasteiger partial charge in [0.2, 0.25) is 5.91 Å². The molecule has 0 aliphatic carbocycles. The molecule has 26 heavy (non-hydrogen) atoms. The van der Waals surface area contributed by atoms with Gasteiger partial charge in [-0.3, -0.25) is 9.59 Å². The summed E-state index contributed by atoms with van der Waals surface area (Å²) in [5.74, 6) is 0.790. The van der Waals surface area contributed by atoms with Crippen LogP contribution in [0.4, 0.5) is 5.69 Å². The number of nitrogens with zero attached hydrogens (tertiary/aromatic N) is 1. The Morgan fingerprint density at radius 3 is 2.31 bits per heavy atom. The minimum Gasteiger partial charge on any atom is -0.493 e. The number of carbonyl (C=O) groups excluding carboxylic acids is 2. The van der Waals surface area contributed by atoms with Gasteiger partial charge in [0, 0.05) is 18.2 Å². The van der Waals surface area contributed by atoms with Crippen molar-refractivity contribution in [3.05, 3.63) is 59.7 Å². The number of carbonyl (C=O) groups is 2. The second-order valence-electron chi connectivity index (χ2n) is 6.23. The average molecular weight is 353 g/mol. The number of rotatable bonds is 7. The number of hydrazone groups is 1. The molecule has 2 aromatic carbocycles. The van der Waals surface area contributed by atoms with E-state index in [-0.39, 0.29) is 11.8 Å². The third-order valence-corrected chi connectivity index (χ3v) is 3.31. The molecule has 0 aromatic heterocycles. The fourth-order valence-corrected chi connectivity index (χ4v) is 2.05. The SMILES string of the molecule is CC(=O)Nc1ccc(C(=O)NN=Cc2ccc(OCC(C)C)cc2)cc1. The lowest BCUT2D eigenvalue weighted by atomic mass is 10.2. The average Bonchev–Trinajstić information content (AvgIpc) is 2.61. The molecule has 2 N–H and O–H groups in total. The predicted molar refractivity (Wildman–Crippen MR) is 103 cm³/mol. The fourth-order valence-electron chi connectivity index (χ4n) is 2.05. The van der Waals surface area contributed by atoms with Crippen molar-refractivity contribution >= 4 is 23.7 Å². The highest BCUT2D eigenvalue weighted by Crippen LogP contribution is 2.12. The maximum absolute atomic E-state index is 12.0. The van der Waals surface area contributed by atoms with Crippen molar-refractivity contribution in [1.82, 2.24) is 5.43 Å². The number of anilines is 1. The molecule has 0 atom stereocenters. The summed E-state index contributed by atoms with van der Waals surface area (Å²) in [6.45, 7) is 6.29. The minimum atomic E-state index is -0.326. The maximum Gasteiger partial charge on any atom is 0.271 e. The van der Waals surface area contributed by atoms with E-state index < -0.39 is 0 Å². The zero-order chi connectivity index (χ0) is 18.9. The second kappa shape index (κ2) is 9.36. The molecule has 0 fully saturated rings. The fraction of sp³-hybridized carbons (Fsp3) is 0.250. The smallest absolute Gasteiger partial charge is 0.271 e. The molecule has 0 saturated heterocycles. The van der Waals surface area contributed by atoms with Crippen molar-refractivity contribution in [3.8, 4) is 5.75 Å². The summed E-state index contributed by atoms with van der Waals surface area (Å²) >= 11 is 0. The molecular formula is C20H23N3O3. The Bertz CT molecular complexity index is 766. The Morgan fingerprint density at radius 1 is 1.08 bits per heavy atom. The topological polar surface area (TPSA) is 79.8 Å². The van der Waals surface area contributed by atoms with Crippen LogP contribution in [-0.2, 0) is 4.79 Å². The number of ether oxygens (including phenoxy) is 1. The van der Waals surface area contributed by atoms with Crippen molar-refractivity contribution in [2.24, 2.45) is 11.0 Å². The zero-order valence-electron chi connectivity index (χ0n) is 15.2. The molecule has 136 valence electrons. The first-order valence-electron chi connectivity index (χ1n) is 8.38. The number of hydrogen-bond acceptors (Lipinski definition) is 4. The summed E-state index contributed by atoms with van der Waals surface area (Å²) in [5.41, 5.74) is 4.41. The number of nitrogens with one attached hydrogen (secondary N) is 2. The van der Waals surface area contributed by atoms with E-state index in [1.165, 1.54) is 6.92 Å². The summed E-state index contributed by atoms with van der Waals surface area (Å²) in [6.07, 6.45) is 1.57. The summed E-state index contributed by atoms with van der Waals surface area (Å²) < 4.78 is 5.62. The first kappa shape index (κ1) is 19.2. The van der Waals surface area contributed by atoms with Gasteiger partial charge in [0.15, 0.2) is 0 Å². The summed E-state index contributed by atoms with van der Waals surface area (Å²) in [5, 5.41) is 6.60. The lowest BCUT2D eigenvalue weighted by Gasteiger charge is -2.08. The van der Waals surface area contributed by atoms with Gasteiger partial charge in [-0.2, -0.15) is 5.10 Å². The molecule has 0 aliphatic rings. The summed E-state index contributed by atoms with van der Waals surface area (Å²) in [4.78, 5) is 23.0. The highest BCUT2D eigenvalue weighted by Gasteiger charge is 2.04. The van der Waals surface area contributed by atoms with Gasteiger partial charge < -0.3 is 10.1 Å². The van der Waals surface area contributed by atoms with Crippen molar-refractivity contribution in [2.75, 3.05) is 11.9 Å². The maximum atomic E-state index is 12.0. The van der Waals surface area contributed by atoms with E-state index in [2.05, 4.69) is 29.7 Å². The molecule has 2 rings (SSSR count). The van der Waals surface area contributed by atoms with Gasteiger partial charge in [-0.05, 0) is 60.0 Å². The van der Waals surface area contributed by atoms with Gasteiger partial charge in [0.25, 0.3) is 5.91 Å². The van der Waals surface area contributed by atoms with Crippen molar-refractivity contribution in [2.45, 2.75) is 20.8 Å². The van der Waals surface area contributed by atoms with Gasteiger partial charge in [0.1, 0.15) is 5.75 Å². The van der Waals surface area contributed by atoms with Crippen LogP contribution in [0.5, 0.6) is 5.75 Å². The quantitative estimate of drug-likeness (QED) is 0.591. The molecule has 0 heterocycles. The second-order valence-corrected chi connectivity index (χ2v) is 6.23. The van der Waals surface area contributed by atoms with Crippen molar-refractivity contribution < 1.29 is 14.3 Å². The lowest BCUT2D eigenvalue weighted by molar-refractivity contribution is -0.114. The van der Waals surface area contributed by atoms with Gasteiger partial charge in [-0.15, -0.1) is 0 Å². The Balaban J connectivity index is 1.87. The molecule has 6 heteroatoms. The standard InChI is InChI=1S/C20H23N3O3/c1-14(2)13-26-19-10-4-16(5-11-19)12-21-23-20(25)17-6-8-18(9-7-17)22-15(3)24/h4-12,14H,13H2,1-3H3,(H,22,24)(H,23,25). The van der Waals surface area contributed by atoms with Crippen LogP contribution in [-0.4, -0.2) is 24.6 Å². The molecule has 2 aromatic rings. The first-order valence-corrected chi connectivity index (χ1v) is 8.38. The predicted octanol–water partition coefficient (Wildman–Crippen LogP) is 3.44. The number of hydrogen-bond donors (Lipinski definition) is 2. The van der Waals surface area contributed by atoms with Crippen LogP contribution in [0.2, 0.25) is 0 Å². The number of amides is 2. The Morgan fingerprint density at radius 2 is 1.73 bits per heavy atom. The molecule has 0 bridgehead atoms. The highest BCUT2D eigenvalue weighted by molar-refractivity contribution is 5.96. The van der Waals surface area contributed by atoms with E-state index in [0.29, 0.717) is 23.8 Å². The largest absolute Gasteiger partial charge is 0.493 e. The van der Waals surface area contributed by atoms with Gasteiger partial charge in [-0.1, -0.05) is 13.8 Å². The molecule has 0 unspecified atom stereocenters. The third kappa shape index (κ3) is 6.39. The minimum absolute atomic E-state index is 0.160. The van der Waals surface area contributed by atoms with E-state index in [1.807, 2.05) is 24.3 Å². The van der Waals surface area contributed by atoms with Crippen molar-refractivity contribution in [3.63, 3.8) is 0 Å². The van der Waals surface area contributed by atoms with Crippen LogP contribution in [0.25, 0.3) is 0 Å². The Hall–Kier alpha value is -3.15. The summed E-state index contributed by atoms with van der Waals surface area (Å²) in [6, 6.07) is 14.0. The highest BCUT2D eigenvalue weighted by atomic mass is 16.5. The third-order valence-electron chi connectivity index (χ3n) is 3.31. The van der Waals surface area contributed by atoms with Crippen LogP contribution in [0.1, 0.15) is 36.7 Å². The van der Waals surface area contributed by atoms with Crippen LogP contribution in [0, 0.1) is 5.92 Å². The molecule has 0 radical (unpaired) electrons. The molecule has 0 saturated carbocycles. The van der Waals surface area contributed by atoms with E-state index in [0.717, 1.165) is 11.3 Å². The van der Waals surface area contributed by atoms with Crippen LogP contribution in [0.3, 0.4) is 0 Å². The molecular weight excluding hydrogens is 330 g/mol. The molecule has 2 amide bonds. The normalized spacial score (nSPS) is 10.8.